The fourth-order valence-electron chi connectivity index (χ4n) is 2.24. The Morgan fingerprint density at radius 1 is 1.45 bits per heavy atom. The molecule has 1 aliphatic heterocycles. The van der Waals surface area contributed by atoms with E-state index in [-0.39, 0.29) is 6.42 Å². The van der Waals surface area contributed by atoms with Crippen molar-refractivity contribution in [3.05, 3.63) is 33.8 Å². The van der Waals surface area contributed by atoms with Crippen LogP contribution in [0.15, 0.2) is 22.7 Å². The van der Waals surface area contributed by atoms with Crippen LogP contribution in [0.2, 0.25) is 0 Å². The van der Waals surface area contributed by atoms with Crippen LogP contribution in [0.5, 0.6) is 0 Å². The van der Waals surface area contributed by atoms with Gasteiger partial charge in [0.2, 0.25) is 0 Å². The Morgan fingerprint density at radius 2 is 2.09 bits per heavy atom. The molecule has 122 valence electrons. The minimum Gasteiger partial charge on any atom is -0.481 e. The van der Waals surface area contributed by atoms with E-state index in [9.17, 15) is 9.00 Å². The molecule has 7 heteroatoms. The number of halogens is 1. The van der Waals surface area contributed by atoms with Crippen LogP contribution in [0.25, 0.3) is 0 Å². The van der Waals surface area contributed by atoms with Gasteiger partial charge in [-0.1, -0.05) is 22.0 Å². The van der Waals surface area contributed by atoms with Crippen LogP contribution < -0.4 is 4.72 Å². The zero-order valence-electron chi connectivity index (χ0n) is 12.8. The van der Waals surface area contributed by atoms with E-state index < -0.39 is 27.2 Å². The van der Waals surface area contributed by atoms with Crippen molar-refractivity contribution in [3.8, 4) is 0 Å². The van der Waals surface area contributed by atoms with E-state index in [1.807, 2.05) is 32.9 Å². The number of hydrogen-bond donors (Lipinski definition) is 2. The predicted octanol–water partition coefficient (Wildman–Crippen LogP) is 2.35. The van der Waals surface area contributed by atoms with Gasteiger partial charge in [0, 0.05) is 4.47 Å². The molecule has 1 atom stereocenters. The van der Waals surface area contributed by atoms with Gasteiger partial charge in [0.15, 0.2) is 0 Å². The van der Waals surface area contributed by atoms with Crippen molar-refractivity contribution in [1.82, 2.24) is 4.72 Å². The van der Waals surface area contributed by atoms with Crippen LogP contribution >= 0.6 is 15.9 Å². The van der Waals surface area contributed by atoms with Crippen molar-refractivity contribution in [3.63, 3.8) is 0 Å². The molecule has 1 aromatic carbocycles. The van der Waals surface area contributed by atoms with E-state index in [1.54, 1.807) is 6.07 Å². The third kappa shape index (κ3) is 3.76. The Bertz CT molecular complexity index is 608. The lowest BCUT2D eigenvalue weighted by molar-refractivity contribution is -0.136. The molecule has 0 spiro atoms. The van der Waals surface area contributed by atoms with E-state index in [0.29, 0.717) is 18.8 Å². The average Bonchev–Trinajstić information content (AvgIpc) is 2.32. The van der Waals surface area contributed by atoms with Crippen molar-refractivity contribution in [2.24, 2.45) is 0 Å². The molecule has 0 bridgehead atoms. The van der Waals surface area contributed by atoms with Gasteiger partial charge >= 0.3 is 5.97 Å². The second-order valence-electron chi connectivity index (χ2n) is 6.43. The molecule has 0 amide bonds. The quantitative estimate of drug-likeness (QED) is 0.810. The molecule has 0 radical (unpaired) electrons. The maximum Gasteiger partial charge on any atom is 0.307 e. The van der Waals surface area contributed by atoms with Crippen LogP contribution in [-0.4, -0.2) is 33.2 Å². The summed E-state index contributed by atoms with van der Waals surface area (Å²) >= 11 is 3.37. The molecule has 2 N–H and O–H groups in total. The summed E-state index contributed by atoms with van der Waals surface area (Å²) in [7, 11) is -1.27. The highest BCUT2D eigenvalue weighted by Crippen LogP contribution is 2.35. The minimum atomic E-state index is -1.27. The predicted molar refractivity (Wildman–Crippen MR) is 89.0 cm³/mol. The second-order valence-corrected chi connectivity index (χ2v) is 9.31. The fraction of sp³-hybridized carbons (Fsp3) is 0.533. The molecular weight excluding hydrogens is 370 g/mol. The van der Waals surface area contributed by atoms with E-state index in [0.717, 1.165) is 10.0 Å². The molecule has 1 aliphatic rings. The Labute approximate surface area is 141 Å². The first kappa shape index (κ1) is 17.6. The van der Waals surface area contributed by atoms with Crippen LogP contribution in [0.3, 0.4) is 0 Å². The van der Waals surface area contributed by atoms with Crippen molar-refractivity contribution >= 4 is 32.9 Å². The second kappa shape index (κ2) is 6.39. The molecule has 1 heterocycles. The molecule has 1 unspecified atom stereocenters. The van der Waals surface area contributed by atoms with Gasteiger partial charge < -0.3 is 9.84 Å². The first-order chi connectivity index (χ1) is 10.1. The van der Waals surface area contributed by atoms with Crippen LogP contribution in [0.1, 0.15) is 31.9 Å². The number of nitrogens with one attached hydrogen (secondary N) is 1. The summed E-state index contributed by atoms with van der Waals surface area (Å²) in [6.07, 6.45) is -0.0830. The number of carboxylic acid groups (broad SMARTS) is 1. The highest BCUT2D eigenvalue weighted by Gasteiger charge is 2.44. The molecule has 1 fully saturated rings. The summed E-state index contributed by atoms with van der Waals surface area (Å²) < 4.78 is 21.4. The monoisotopic (exact) mass is 389 g/mol. The van der Waals surface area contributed by atoms with Gasteiger partial charge in [0.05, 0.1) is 35.4 Å². The highest BCUT2D eigenvalue weighted by atomic mass is 79.9. The molecule has 0 saturated carbocycles. The average molecular weight is 390 g/mol. The third-order valence-electron chi connectivity index (χ3n) is 3.47. The highest BCUT2D eigenvalue weighted by molar-refractivity contribution is 9.10. The fourth-order valence-corrected chi connectivity index (χ4v) is 3.54. The smallest absolute Gasteiger partial charge is 0.307 e. The summed E-state index contributed by atoms with van der Waals surface area (Å²) in [6, 6.07) is 5.53. The Balaban J connectivity index is 2.39. The first-order valence-corrected chi connectivity index (χ1v) is 8.86. The van der Waals surface area contributed by atoms with Gasteiger partial charge in [-0.3, -0.25) is 4.79 Å². The van der Waals surface area contributed by atoms with Gasteiger partial charge in [-0.2, -0.15) is 0 Å². The molecule has 0 aromatic heterocycles. The Hall–Kier alpha value is -0.760. The number of carboxylic acids is 1. The number of rotatable bonds is 5. The van der Waals surface area contributed by atoms with E-state index >= 15 is 0 Å². The topological polar surface area (TPSA) is 75.6 Å². The van der Waals surface area contributed by atoms with Gasteiger partial charge in [0.1, 0.15) is 5.54 Å². The number of aliphatic carboxylic acids is 1. The minimum absolute atomic E-state index is 0.0830. The lowest BCUT2D eigenvalue weighted by Crippen LogP contribution is -2.60. The van der Waals surface area contributed by atoms with Crippen LogP contribution in [-0.2, 0) is 32.5 Å². The summed E-state index contributed by atoms with van der Waals surface area (Å²) in [5, 5.41) is 9.12. The van der Waals surface area contributed by atoms with Crippen molar-refractivity contribution in [2.75, 3.05) is 13.2 Å². The zero-order chi connectivity index (χ0) is 16.5. The van der Waals surface area contributed by atoms with Crippen LogP contribution in [0.4, 0.5) is 0 Å². The largest absolute Gasteiger partial charge is 0.481 e. The molecule has 5 nitrogen and oxygen atoms in total. The van der Waals surface area contributed by atoms with Gasteiger partial charge in [0.25, 0.3) is 0 Å². The van der Waals surface area contributed by atoms with E-state index in [2.05, 4.69) is 20.7 Å². The summed E-state index contributed by atoms with van der Waals surface area (Å²) in [6.45, 7) is 6.43. The van der Waals surface area contributed by atoms with E-state index in [1.165, 1.54) is 0 Å². The standard InChI is InChI=1S/C15H20BrNO4S/c1-14(2,3)22(20)17-15(8-21-9-15)12-5-4-11(16)6-10(12)7-13(18)19/h4-6,17H,7-9H2,1-3H3,(H,18,19). The number of ether oxygens (including phenoxy) is 1. The van der Waals surface area contributed by atoms with Crippen molar-refractivity contribution < 1.29 is 18.8 Å². The van der Waals surface area contributed by atoms with Gasteiger partial charge in [-0.25, -0.2) is 8.93 Å². The van der Waals surface area contributed by atoms with Gasteiger partial charge in [-0.05, 0) is 44.0 Å². The molecule has 1 saturated heterocycles. The summed E-state index contributed by atoms with van der Waals surface area (Å²) in [5.41, 5.74) is 0.939. The Morgan fingerprint density at radius 3 is 2.55 bits per heavy atom. The first-order valence-electron chi connectivity index (χ1n) is 6.92. The lowest BCUT2D eigenvalue weighted by Gasteiger charge is -2.44. The maximum absolute atomic E-state index is 12.5. The molecule has 1 aromatic rings. The third-order valence-corrected chi connectivity index (χ3v) is 5.65. The molecule has 22 heavy (non-hydrogen) atoms. The van der Waals surface area contributed by atoms with Crippen molar-refractivity contribution in [2.45, 2.75) is 37.5 Å². The summed E-state index contributed by atoms with van der Waals surface area (Å²) in [5.74, 6) is -0.897. The zero-order valence-corrected chi connectivity index (χ0v) is 15.2. The molecule has 2 rings (SSSR count). The van der Waals surface area contributed by atoms with E-state index in [4.69, 9.17) is 9.84 Å². The lowest BCUT2D eigenvalue weighted by atomic mass is 9.85. The number of hydrogen-bond acceptors (Lipinski definition) is 3. The number of benzene rings is 1. The molecule has 0 aliphatic carbocycles. The van der Waals surface area contributed by atoms with Gasteiger partial charge in [-0.15, -0.1) is 0 Å². The SMILES string of the molecule is CC(C)(C)S(=O)NC1(c2ccc(Br)cc2CC(=O)O)COC1. The van der Waals surface area contributed by atoms with Crippen molar-refractivity contribution in [1.29, 1.82) is 0 Å². The molecular formula is C15H20BrNO4S. The number of carbonyl (C=O) groups is 1. The Kier molecular flexibility index (Phi) is 5.11. The van der Waals surface area contributed by atoms with Crippen LogP contribution in [0, 0.1) is 0 Å². The summed E-state index contributed by atoms with van der Waals surface area (Å²) in [4.78, 5) is 11.1. The normalized spacial score (nSPS) is 18.5. The maximum atomic E-state index is 12.5.